The lowest BCUT2D eigenvalue weighted by molar-refractivity contribution is 0.0165. The third kappa shape index (κ3) is 7.72. The molecule has 1 aliphatic heterocycles. The Balaban J connectivity index is 1.18. The fourth-order valence-corrected chi connectivity index (χ4v) is 5.01. The number of rotatable bonds is 9. The number of piperidine rings is 1. The summed E-state index contributed by atoms with van der Waals surface area (Å²) < 4.78 is 24.2. The van der Waals surface area contributed by atoms with Crippen molar-refractivity contribution < 1.29 is 23.7 Å². The number of aromatic nitrogens is 1. The molecule has 0 atom stereocenters. The Morgan fingerprint density at radius 1 is 0.857 bits per heavy atom. The van der Waals surface area contributed by atoms with E-state index in [0.717, 1.165) is 52.1 Å². The number of nitrogens with zero attached hydrogens (tertiary/aromatic N) is 2. The van der Waals surface area contributed by atoms with E-state index in [9.17, 15) is 4.79 Å². The van der Waals surface area contributed by atoms with E-state index in [2.05, 4.69) is 12.1 Å². The highest BCUT2D eigenvalue weighted by Crippen LogP contribution is 2.32. The van der Waals surface area contributed by atoms with Crippen LogP contribution in [0, 0.1) is 12.8 Å². The van der Waals surface area contributed by atoms with Gasteiger partial charge in [-0.25, -0.2) is 9.78 Å². The number of hydrogen-bond donors (Lipinski definition) is 0. The minimum absolute atomic E-state index is 0.238. The average molecular weight is 569 g/mol. The van der Waals surface area contributed by atoms with E-state index in [4.69, 9.17) is 23.9 Å². The van der Waals surface area contributed by atoms with E-state index in [1.165, 1.54) is 0 Å². The molecule has 0 saturated carbocycles. The summed E-state index contributed by atoms with van der Waals surface area (Å²) in [6.07, 6.45) is 1.53. The lowest BCUT2D eigenvalue weighted by Crippen LogP contribution is -2.42. The molecule has 5 rings (SSSR count). The van der Waals surface area contributed by atoms with Crippen molar-refractivity contribution in [1.29, 1.82) is 0 Å². The summed E-state index contributed by atoms with van der Waals surface area (Å²) >= 11 is 0. The van der Waals surface area contributed by atoms with Crippen LogP contribution in [-0.2, 0) is 18.0 Å². The van der Waals surface area contributed by atoms with Crippen molar-refractivity contribution in [2.45, 2.75) is 59.4 Å². The fourth-order valence-electron chi connectivity index (χ4n) is 5.01. The minimum Gasteiger partial charge on any atom is -0.493 e. The van der Waals surface area contributed by atoms with Crippen LogP contribution in [0.1, 0.15) is 50.4 Å². The number of fused-ring (bicyclic) bond motifs is 1. The van der Waals surface area contributed by atoms with Crippen molar-refractivity contribution in [3.63, 3.8) is 0 Å². The van der Waals surface area contributed by atoms with Crippen LogP contribution in [0.4, 0.5) is 4.79 Å². The largest absolute Gasteiger partial charge is 0.493 e. The Hall–Kier alpha value is -4.26. The van der Waals surface area contributed by atoms with Gasteiger partial charge in [-0.05, 0) is 76.3 Å². The third-order valence-corrected chi connectivity index (χ3v) is 7.34. The second kappa shape index (κ2) is 13.1. The highest BCUT2D eigenvalue weighted by Gasteiger charge is 2.27. The number of benzene rings is 3. The Morgan fingerprint density at radius 2 is 1.55 bits per heavy atom. The maximum atomic E-state index is 12.3. The second-order valence-electron chi connectivity index (χ2n) is 11.8. The molecule has 1 aliphatic rings. The van der Waals surface area contributed by atoms with Crippen LogP contribution >= 0.6 is 0 Å². The third-order valence-electron chi connectivity index (χ3n) is 7.34. The zero-order valence-corrected chi connectivity index (χ0v) is 25.0. The number of para-hydroxylation sites is 1. The van der Waals surface area contributed by atoms with Gasteiger partial charge in [-0.15, -0.1) is 0 Å². The first kappa shape index (κ1) is 29.2. The Morgan fingerprint density at radius 3 is 2.29 bits per heavy atom. The van der Waals surface area contributed by atoms with Crippen LogP contribution in [0.3, 0.4) is 0 Å². The second-order valence-corrected chi connectivity index (χ2v) is 11.8. The lowest BCUT2D eigenvalue weighted by atomic mass is 9.98. The average Bonchev–Trinajstić information content (AvgIpc) is 2.99. The zero-order valence-electron chi connectivity index (χ0n) is 25.0. The van der Waals surface area contributed by atoms with Crippen molar-refractivity contribution in [3.05, 3.63) is 95.7 Å². The van der Waals surface area contributed by atoms with Crippen molar-refractivity contribution in [2.75, 3.05) is 19.7 Å². The molecule has 7 heteroatoms. The lowest BCUT2D eigenvalue weighted by Gasteiger charge is -2.33. The first-order chi connectivity index (χ1) is 20.2. The predicted molar refractivity (Wildman–Crippen MR) is 164 cm³/mol. The van der Waals surface area contributed by atoms with E-state index in [1.807, 2.05) is 94.4 Å². The molecule has 1 amide bonds. The van der Waals surface area contributed by atoms with Gasteiger partial charge in [0.05, 0.1) is 17.8 Å². The molecule has 220 valence electrons. The smallest absolute Gasteiger partial charge is 0.410 e. The van der Waals surface area contributed by atoms with E-state index in [0.29, 0.717) is 44.6 Å². The normalized spacial score (nSPS) is 14.0. The SMILES string of the molecule is Cc1c(COc2cccc(OCC3CCN(C(=O)OC(C)(C)C)CC3)c2)nc2ccccc2c1OCc1ccccc1. The quantitative estimate of drug-likeness (QED) is 0.206. The van der Waals surface area contributed by atoms with Crippen LogP contribution < -0.4 is 14.2 Å². The van der Waals surface area contributed by atoms with Crippen molar-refractivity contribution >= 4 is 17.0 Å². The van der Waals surface area contributed by atoms with E-state index < -0.39 is 5.60 Å². The molecule has 0 spiro atoms. The van der Waals surface area contributed by atoms with E-state index in [1.54, 1.807) is 4.90 Å². The summed E-state index contributed by atoms with van der Waals surface area (Å²) in [6, 6.07) is 25.9. The molecule has 42 heavy (non-hydrogen) atoms. The van der Waals surface area contributed by atoms with Crippen LogP contribution in [0.5, 0.6) is 17.2 Å². The van der Waals surface area contributed by atoms with Gasteiger partial charge < -0.3 is 23.8 Å². The standard InChI is InChI=1S/C35H40N2O5/c1-25-32(36-31-16-9-8-15-30(31)33(25)41-23-26-11-6-5-7-12-26)24-40-29-14-10-13-28(21-29)39-22-27-17-19-37(20-18-27)34(38)42-35(2,3)4/h5-16,21,27H,17-20,22-24H2,1-4H3. The topological polar surface area (TPSA) is 70.1 Å². The number of carbonyl (C=O) groups excluding carboxylic acids is 1. The van der Waals surface area contributed by atoms with Gasteiger partial charge in [0.2, 0.25) is 0 Å². The van der Waals surface area contributed by atoms with Crippen molar-refractivity contribution in [3.8, 4) is 17.2 Å². The first-order valence-electron chi connectivity index (χ1n) is 14.6. The zero-order chi connectivity index (χ0) is 29.5. The number of pyridine rings is 1. The number of carbonyl (C=O) groups is 1. The van der Waals surface area contributed by atoms with Crippen LogP contribution in [-0.4, -0.2) is 41.3 Å². The van der Waals surface area contributed by atoms with E-state index in [-0.39, 0.29) is 6.09 Å². The van der Waals surface area contributed by atoms with Crippen LogP contribution in [0.25, 0.3) is 10.9 Å². The van der Waals surface area contributed by atoms with E-state index >= 15 is 0 Å². The molecule has 1 aromatic heterocycles. The van der Waals surface area contributed by atoms with Crippen molar-refractivity contribution in [1.82, 2.24) is 9.88 Å². The summed E-state index contributed by atoms with van der Waals surface area (Å²) in [5, 5.41) is 0.988. The Bertz CT molecular complexity index is 1490. The number of ether oxygens (including phenoxy) is 4. The minimum atomic E-state index is -0.481. The van der Waals surface area contributed by atoms with Crippen LogP contribution in [0.2, 0.25) is 0 Å². The monoisotopic (exact) mass is 568 g/mol. The summed E-state index contributed by atoms with van der Waals surface area (Å²) in [6.45, 7) is 10.5. The maximum absolute atomic E-state index is 12.3. The number of likely N-dealkylation sites (tertiary alicyclic amines) is 1. The van der Waals surface area contributed by atoms with Gasteiger partial charge in [-0.2, -0.15) is 0 Å². The summed E-state index contributed by atoms with van der Waals surface area (Å²) in [5.41, 5.74) is 3.31. The molecular formula is C35H40N2O5. The van der Waals surface area contributed by atoms with Gasteiger partial charge in [-0.1, -0.05) is 48.5 Å². The molecule has 0 radical (unpaired) electrons. The van der Waals surface area contributed by atoms with Gasteiger partial charge in [0.15, 0.2) is 0 Å². The molecule has 2 heterocycles. The van der Waals surface area contributed by atoms with Crippen molar-refractivity contribution in [2.24, 2.45) is 5.92 Å². The molecule has 0 unspecified atom stereocenters. The molecule has 3 aromatic carbocycles. The highest BCUT2D eigenvalue weighted by molar-refractivity contribution is 5.86. The molecule has 4 aromatic rings. The van der Waals surface area contributed by atoms with Crippen LogP contribution in [0.15, 0.2) is 78.9 Å². The molecule has 0 bridgehead atoms. The summed E-state index contributed by atoms with van der Waals surface area (Å²) in [5.74, 6) is 2.69. The maximum Gasteiger partial charge on any atom is 0.410 e. The van der Waals surface area contributed by atoms with Gasteiger partial charge >= 0.3 is 6.09 Å². The molecule has 0 aliphatic carbocycles. The number of amides is 1. The first-order valence-corrected chi connectivity index (χ1v) is 14.6. The van der Waals surface area contributed by atoms with Gasteiger partial charge in [0.25, 0.3) is 0 Å². The fraction of sp³-hybridized carbons (Fsp3) is 0.371. The molecule has 0 N–H and O–H groups in total. The Labute approximate surface area is 248 Å². The molecule has 7 nitrogen and oxygen atoms in total. The summed E-state index contributed by atoms with van der Waals surface area (Å²) in [7, 11) is 0. The Kier molecular flexibility index (Phi) is 9.15. The van der Waals surface area contributed by atoms with Gasteiger partial charge in [-0.3, -0.25) is 0 Å². The summed E-state index contributed by atoms with van der Waals surface area (Å²) in [4.78, 5) is 19.0. The number of hydrogen-bond acceptors (Lipinski definition) is 6. The molecule has 1 saturated heterocycles. The molecule has 1 fully saturated rings. The van der Waals surface area contributed by atoms with Gasteiger partial charge in [0, 0.05) is 30.1 Å². The predicted octanol–water partition coefficient (Wildman–Crippen LogP) is 7.73. The van der Waals surface area contributed by atoms with Gasteiger partial charge in [0.1, 0.15) is 36.1 Å². The molecular weight excluding hydrogens is 528 g/mol. The highest BCUT2D eigenvalue weighted by atomic mass is 16.6.